The number of halogens is 1. The van der Waals surface area contributed by atoms with Crippen LogP contribution in [0.1, 0.15) is 20.3 Å². The highest BCUT2D eigenvalue weighted by Crippen LogP contribution is 2.29. The lowest BCUT2D eigenvalue weighted by molar-refractivity contribution is -0.126. The first-order chi connectivity index (χ1) is 5.97. The van der Waals surface area contributed by atoms with Gasteiger partial charge in [-0.05, 0) is 19.1 Å². The number of rotatable bonds is 2. The van der Waals surface area contributed by atoms with Gasteiger partial charge in [0, 0.05) is 11.5 Å². The topological polar surface area (TPSA) is 37.3 Å². The molecule has 72 valence electrons. The van der Waals surface area contributed by atoms with E-state index in [4.69, 9.17) is 11.6 Å². The van der Waals surface area contributed by atoms with Gasteiger partial charge >= 0.3 is 0 Å². The molecule has 0 saturated carbocycles. The van der Waals surface area contributed by atoms with Crippen LogP contribution in [0.5, 0.6) is 0 Å². The van der Waals surface area contributed by atoms with E-state index in [9.17, 15) is 9.90 Å². The van der Waals surface area contributed by atoms with E-state index in [1.54, 1.807) is 26.0 Å². The van der Waals surface area contributed by atoms with E-state index in [0.717, 1.165) is 0 Å². The molecule has 1 rings (SSSR count). The van der Waals surface area contributed by atoms with E-state index in [1.165, 1.54) is 6.08 Å². The summed E-state index contributed by atoms with van der Waals surface area (Å²) in [7, 11) is 0. The standard InChI is InChI=1S/C10H13ClO2/c1-3-9(12)8-5-4-7(11)6-10(8,2)13/h4-6,8,13H,3H2,1-2H3. The van der Waals surface area contributed by atoms with Crippen molar-refractivity contribution >= 4 is 17.4 Å². The predicted molar refractivity (Wildman–Crippen MR) is 52.5 cm³/mol. The summed E-state index contributed by atoms with van der Waals surface area (Å²) in [5, 5.41) is 10.4. The van der Waals surface area contributed by atoms with Crippen molar-refractivity contribution in [2.45, 2.75) is 25.9 Å². The Kier molecular flexibility index (Phi) is 2.94. The third kappa shape index (κ3) is 2.20. The Morgan fingerprint density at radius 3 is 2.85 bits per heavy atom. The first-order valence-electron chi connectivity index (χ1n) is 4.29. The zero-order valence-electron chi connectivity index (χ0n) is 7.75. The molecule has 3 heteroatoms. The Bertz CT molecular complexity index is 277. The molecule has 0 heterocycles. The SMILES string of the molecule is CCC(=O)C1C=CC(Cl)=CC1(C)O. The van der Waals surface area contributed by atoms with Gasteiger partial charge in [0.05, 0.1) is 11.5 Å². The molecule has 13 heavy (non-hydrogen) atoms. The van der Waals surface area contributed by atoms with Crippen LogP contribution in [0.15, 0.2) is 23.3 Å². The van der Waals surface area contributed by atoms with Crippen LogP contribution in [-0.2, 0) is 4.79 Å². The van der Waals surface area contributed by atoms with Crippen molar-refractivity contribution in [3.05, 3.63) is 23.3 Å². The van der Waals surface area contributed by atoms with E-state index >= 15 is 0 Å². The molecule has 0 saturated heterocycles. The van der Waals surface area contributed by atoms with Crippen molar-refractivity contribution < 1.29 is 9.90 Å². The number of ketones is 1. The zero-order valence-corrected chi connectivity index (χ0v) is 8.51. The molecule has 0 aromatic carbocycles. The van der Waals surface area contributed by atoms with Gasteiger partial charge in [0.15, 0.2) is 0 Å². The van der Waals surface area contributed by atoms with Crippen LogP contribution in [0.4, 0.5) is 0 Å². The lowest BCUT2D eigenvalue weighted by Crippen LogP contribution is -2.37. The average molecular weight is 201 g/mol. The Morgan fingerprint density at radius 2 is 2.38 bits per heavy atom. The summed E-state index contributed by atoms with van der Waals surface area (Å²) >= 11 is 5.72. The number of carbonyl (C=O) groups is 1. The van der Waals surface area contributed by atoms with Gasteiger partial charge in [-0.1, -0.05) is 24.6 Å². The van der Waals surface area contributed by atoms with Gasteiger partial charge in [0.25, 0.3) is 0 Å². The smallest absolute Gasteiger partial charge is 0.142 e. The van der Waals surface area contributed by atoms with Gasteiger partial charge in [-0.2, -0.15) is 0 Å². The second-order valence-electron chi connectivity index (χ2n) is 3.41. The van der Waals surface area contributed by atoms with Crippen molar-refractivity contribution in [2.75, 3.05) is 0 Å². The van der Waals surface area contributed by atoms with Crippen molar-refractivity contribution in [1.29, 1.82) is 0 Å². The predicted octanol–water partition coefficient (Wildman–Crippen LogP) is 2.03. The summed E-state index contributed by atoms with van der Waals surface area (Å²) in [6, 6.07) is 0. The van der Waals surface area contributed by atoms with E-state index in [1.807, 2.05) is 0 Å². The third-order valence-electron chi connectivity index (χ3n) is 2.20. The zero-order chi connectivity index (χ0) is 10.1. The quantitative estimate of drug-likeness (QED) is 0.741. The maximum atomic E-state index is 11.4. The minimum Gasteiger partial charge on any atom is -0.385 e. The van der Waals surface area contributed by atoms with Gasteiger partial charge in [0.2, 0.25) is 0 Å². The molecular formula is C10H13ClO2. The number of allylic oxidation sites excluding steroid dienone is 2. The molecule has 0 amide bonds. The average Bonchev–Trinajstić information content (AvgIpc) is 2.01. The van der Waals surface area contributed by atoms with Gasteiger partial charge in [-0.15, -0.1) is 0 Å². The summed E-state index contributed by atoms with van der Waals surface area (Å²) in [5.41, 5.74) is -1.14. The van der Waals surface area contributed by atoms with Gasteiger partial charge in [0.1, 0.15) is 5.78 Å². The molecule has 0 spiro atoms. The highest BCUT2D eigenvalue weighted by Gasteiger charge is 2.34. The van der Waals surface area contributed by atoms with Gasteiger partial charge in [-0.3, -0.25) is 4.79 Å². The maximum absolute atomic E-state index is 11.4. The number of carbonyl (C=O) groups excluding carboxylic acids is 1. The Morgan fingerprint density at radius 1 is 1.77 bits per heavy atom. The summed E-state index contributed by atoms with van der Waals surface area (Å²) in [6.07, 6.45) is 5.25. The van der Waals surface area contributed by atoms with E-state index in [0.29, 0.717) is 11.5 Å². The van der Waals surface area contributed by atoms with Crippen molar-refractivity contribution in [3.8, 4) is 0 Å². The van der Waals surface area contributed by atoms with Gasteiger partial charge < -0.3 is 5.11 Å². The first-order valence-corrected chi connectivity index (χ1v) is 4.67. The summed E-state index contributed by atoms with van der Waals surface area (Å²) in [6.45, 7) is 3.38. The molecular weight excluding hydrogens is 188 g/mol. The molecule has 2 unspecified atom stereocenters. The summed E-state index contributed by atoms with van der Waals surface area (Å²) in [5.74, 6) is -0.429. The lowest BCUT2D eigenvalue weighted by Gasteiger charge is -2.29. The number of hydrogen-bond acceptors (Lipinski definition) is 2. The molecule has 1 aliphatic carbocycles. The van der Waals surface area contributed by atoms with Crippen molar-refractivity contribution in [3.63, 3.8) is 0 Å². The van der Waals surface area contributed by atoms with Crippen LogP contribution in [0.2, 0.25) is 0 Å². The third-order valence-corrected chi connectivity index (χ3v) is 2.44. The normalized spacial score (nSPS) is 32.9. The highest BCUT2D eigenvalue weighted by molar-refractivity contribution is 6.31. The fourth-order valence-electron chi connectivity index (χ4n) is 1.45. The molecule has 0 aromatic heterocycles. The maximum Gasteiger partial charge on any atom is 0.142 e. The van der Waals surface area contributed by atoms with E-state index in [-0.39, 0.29) is 5.78 Å². The minimum absolute atomic E-state index is 0.0293. The molecule has 1 aliphatic rings. The minimum atomic E-state index is -1.14. The van der Waals surface area contributed by atoms with Crippen LogP contribution >= 0.6 is 11.6 Å². The number of hydrogen-bond donors (Lipinski definition) is 1. The second kappa shape index (κ2) is 3.64. The molecule has 0 aromatic rings. The highest BCUT2D eigenvalue weighted by atomic mass is 35.5. The van der Waals surface area contributed by atoms with Crippen LogP contribution in [0.3, 0.4) is 0 Å². The molecule has 2 atom stereocenters. The fraction of sp³-hybridized carbons (Fsp3) is 0.500. The Balaban J connectivity index is 2.91. The molecule has 1 N–H and O–H groups in total. The molecule has 0 bridgehead atoms. The van der Waals surface area contributed by atoms with Crippen LogP contribution in [0.25, 0.3) is 0 Å². The van der Waals surface area contributed by atoms with Crippen LogP contribution in [0, 0.1) is 5.92 Å². The van der Waals surface area contributed by atoms with E-state index < -0.39 is 11.5 Å². The molecule has 0 radical (unpaired) electrons. The van der Waals surface area contributed by atoms with Crippen molar-refractivity contribution in [1.82, 2.24) is 0 Å². The van der Waals surface area contributed by atoms with Crippen molar-refractivity contribution in [2.24, 2.45) is 5.92 Å². The molecule has 2 nitrogen and oxygen atoms in total. The second-order valence-corrected chi connectivity index (χ2v) is 3.85. The fourth-order valence-corrected chi connectivity index (χ4v) is 1.75. The lowest BCUT2D eigenvalue weighted by atomic mass is 9.82. The Labute approximate surface area is 82.9 Å². The van der Waals surface area contributed by atoms with E-state index in [2.05, 4.69) is 0 Å². The number of aliphatic hydroxyl groups is 1. The largest absolute Gasteiger partial charge is 0.385 e. The Hall–Kier alpha value is -0.600. The summed E-state index contributed by atoms with van der Waals surface area (Å²) in [4.78, 5) is 11.4. The molecule has 0 fully saturated rings. The number of Topliss-reactive ketones (excluding diaryl/α,β-unsaturated/α-hetero) is 1. The van der Waals surface area contributed by atoms with Gasteiger partial charge in [-0.25, -0.2) is 0 Å². The molecule has 0 aliphatic heterocycles. The van der Waals surface area contributed by atoms with Crippen LogP contribution in [-0.4, -0.2) is 16.5 Å². The monoisotopic (exact) mass is 200 g/mol. The summed E-state index contributed by atoms with van der Waals surface area (Å²) < 4.78 is 0. The van der Waals surface area contributed by atoms with Crippen LogP contribution < -0.4 is 0 Å². The first kappa shape index (κ1) is 10.5.